The van der Waals surface area contributed by atoms with Crippen molar-refractivity contribution in [1.82, 2.24) is 9.80 Å². The summed E-state index contributed by atoms with van der Waals surface area (Å²) in [6.45, 7) is 12.4. The second-order valence-electron chi connectivity index (χ2n) is 8.63. The second kappa shape index (κ2) is 10.6. The lowest BCUT2D eigenvalue weighted by Gasteiger charge is -2.34. The molecule has 26 heavy (non-hydrogen) atoms. The largest absolute Gasteiger partial charge is 0.444 e. The van der Waals surface area contributed by atoms with Crippen LogP contribution in [0.5, 0.6) is 0 Å². The van der Waals surface area contributed by atoms with Gasteiger partial charge in [-0.2, -0.15) is 0 Å². The Morgan fingerprint density at radius 1 is 1.15 bits per heavy atom. The molecule has 0 saturated carbocycles. The fourth-order valence-corrected chi connectivity index (χ4v) is 3.49. The van der Waals surface area contributed by atoms with Gasteiger partial charge >= 0.3 is 6.09 Å². The fraction of sp³-hybridized carbons (Fsp3) is 0.895. The van der Waals surface area contributed by atoms with E-state index in [4.69, 9.17) is 10.5 Å². The van der Waals surface area contributed by atoms with Crippen LogP contribution in [0, 0.1) is 11.8 Å². The number of carbonyl (C=O) groups is 1. The number of piperidine rings is 2. The summed E-state index contributed by atoms with van der Waals surface area (Å²) in [7, 11) is 0. The second-order valence-corrected chi connectivity index (χ2v) is 8.63. The highest BCUT2D eigenvalue weighted by atomic mass is 127. The molecule has 152 valence electrons. The van der Waals surface area contributed by atoms with Crippen LogP contribution in [0.25, 0.3) is 0 Å². The minimum absolute atomic E-state index is 0. The maximum Gasteiger partial charge on any atom is 0.410 e. The highest BCUT2D eigenvalue weighted by molar-refractivity contribution is 14.0. The maximum absolute atomic E-state index is 12.2. The number of hydrogen-bond donors (Lipinski definition) is 1. The molecule has 2 heterocycles. The summed E-state index contributed by atoms with van der Waals surface area (Å²) in [5.41, 5.74) is 5.71. The molecule has 2 saturated heterocycles. The Morgan fingerprint density at radius 3 is 2.42 bits per heavy atom. The number of amides is 1. The molecule has 1 unspecified atom stereocenters. The van der Waals surface area contributed by atoms with E-state index in [0.29, 0.717) is 11.9 Å². The first-order valence-corrected chi connectivity index (χ1v) is 9.77. The molecule has 1 atom stereocenters. The number of halogens is 1. The zero-order valence-corrected chi connectivity index (χ0v) is 19.2. The average molecular weight is 480 g/mol. The predicted octanol–water partition coefficient (Wildman–Crippen LogP) is 3.69. The lowest BCUT2D eigenvalue weighted by atomic mass is 9.95. The third kappa shape index (κ3) is 7.88. The van der Waals surface area contributed by atoms with Crippen LogP contribution in [0.4, 0.5) is 4.79 Å². The molecule has 0 bridgehead atoms. The van der Waals surface area contributed by atoms with Gasteiger partial charge in [0.15, 0.2) is 5.96 Å². The van der Waals surface area contributed by atoms with Crippen molar-refractivity contribution in [2.24, 2.45) is 22.6 Å². The number of aliphatic imine (C=N–C) groups is 1. The molecule has 0 aromatic rings. The molecular weight excluding hydrogens is 443 g/mol. The molecule has 2 aliphatic rings. The maximum atomic E-state index is 12.2. The number of nitrogens with two attached hydrogens (primary N) is 1. The normalized spacial score (nSPS) is 22.8. The van der Waals surface area contributed by atoms with Gasteiger partial charge in [-0.05, 0) is 64.7 Å². The Bertz CT molecular complexity index is 471. The van der Waals surface area contributed by atoms with E-state index < -0.39 is 5.60 Å². The summed E-state index contributed by atoms with van der Waals surface area (Å²) in [4.78, 5) is 20.9. The first-order chi connectivity index (χ1) is 11.7. The minimum atomic E-state index is -0.436. The van der Waals surface area contributed by atoms with Crippen LogP contribution in [-0.2, 0) is 4.74 Å². The lowest BCUT2D eigenvalue weighted by Crippen LogP contribution is -2.43. The molecule has 2 aliphatic heterocycles. The third-order valence-corrected chi connectivity index (χ3v) is 5.09. The number of rotatable bonds is 3. The average Bonchev–Trinajstić information content (AvgIpc) is 2.54. The highest BCUT2D eigenvalue weighted by Gasteiger charge is 2.27. The summed E-state index contributed by atoms with van der Waals surface area (Å²) in [5, 5.41) is 0. The number of carbonyl (C=O) groups excluding carboxylic acids is 1. The number of hydrogen-bond acceptors (Lipinski definition) is 3. The summed E-state index contributed by atoms with van der Waals surface area (Å²) in [6.07, 6.45) is 5.36. The van der Waals surface area contributed by atoms with Crippen LogP contribution in [0.2, 0.25) is 0 Å². The van der Waals surface area contributed by atoms with Gasteiger partial charge in [-0.15, -0.1) is 24.0 Å². The summed E-state index contributed by atoms with van der Waals surface area (Å²) in [5.74, 6) is 1.97. The topological polar surface area (TPSA) is 71.2 Å². The molecule has 0 aromatic heterocycles. The van der Waals surface area contributed by atoms with Crippen molar-refractivity contribution in [3.8, 4) is 0 Å². The Hall–Kier alpha value is -0.730. The minimum Gasteiger partial charge on any atom is -0.444 e. The molecule has 0 aromatic carbocycles. The third-order valence-electron chi connectivity index (χ3n) is 5.09. The van der Waals surface area contributed by atoms with Gasteiger partial charge in [0.05, 0.1) is 0 Å². The van der Waals surface area contributed by atoms with Crippen LogP contribution in [-0.4, -0.2) is 60.2 Å². The molecule has 0 spiro atoms. The van der Waals surface area contributed by atoms with E-state index in [1.54, 1.807) is 0 Å². The van der Waals surface area contributed by atoms with E-state index in [2.05, 4.69) is 16.8 Å². The summed E-state index contributed by atoms with van der Waals surface area (Å²) >= 11 is 0. The number of guanidine groups is 1. The lowest BCUT2D eigenvalue weighted by molar-refractivity contribution is 0.0163. The highest BCUT2D eigenvalue weighted by Crippen LogP contribution is 2.22. The monoisotopic (exact) mass is 480 g/mol. The zero-order valence-electron chi connectivity index (χ0n) is 16.9. The van der Waals surface area contributed by atoms with E-state index in [9.17, 15) is 4.79 Å². The van der Waals surface area contributed by atoms with Gasteiger partial charge in [0.2, 0.25) is 0 Å². The Morgan fingerprint density at radius 2 is 1.81 bits per heavy atom. The molecule has 7 heteroatoms. The van der Waals surface area contributed by atoms with Gasteiger partial charge in [0, 0.05) is 32.7 Å². The number of ether oxygens (including phenoxy) is 1. The molecule has 1 amide bonds. The quantitative estimate of drug-likeness (QED) is 0.380. The fourth-order valence-electron chi connectivity index (χ4n) is 3.49. The Balaban J connectivity index is 0.00000338. The van der Waals surface area contributed by atoms with Crippen molar-refractivity contribution in [2.45, 2.75) is 65.4 Å². The van der Waals surface area contributed by atoms with E-state index >= 15 is 0 Å². The van der Waals surface area contributed by atoms with Gasteiger partial charge in [-0.3, -0.25) is 4.99 Å². The molecular formula is C19H37IN4O2. The van der Waals surface area contributed by atoms with Gasteiger partial charge in [-0.25, -0.2) is 4.79 Å². The number of likely N-dealkylation sites (tertiary alicyclic amines) is 2. The van der Waals surface area contributed by atoms with Crippen molar-refractivity contribution in [2.75, 3.05) is 32.7 Å². The van der Waals surface area contributed by atoms with Crippen molar-refractivity contribution >= 4 is 36.0 Å². The van der Waals surface area contributed by atoms with Crippen molar-refractivity contribution in [3.05, 3.63) is 0 Å². The van der Waals surface area contributed by atoms with Gasteiger partial charge in [0.1, 0.15) is 5.60 Å². The predicted molar refractivity (Wildman–Crippen MR) is 117 cm³/mol. The van der Waals surface area contributed by atoms with Crippen LogP contribution in [0.15, 0.2) is 4.99 Å². The van der Waals surface area contributed by atoms with Gasteiger partial charge in [0.25, 0.3) is 0 Å². The van der Waals surface area contributed by atoms with Crippen LogP contribution in [0.1, 0.15) is 59.8 Å². The molecule has 0 aliphatic carbocycles. The Kier molecular flexibility index (Phi) is 9.47. The summed E-state index contributed by atoms with van der Waals surface area (Å²) < 4.78 is 5.49. The molecule has 0 radical (unpaired) electrons. The summed E-state index contributed by atoms with van der Waals surface area (Å²) in [6, 6.07) is 0. The molecule has 2 N–H and O–H groups in total. The van der Waals surface area contributed by atoms with Crippen molar-refractivity contribution in [1.29, 1.82) is 0 Å². The molecule has 6 nitrogen and oxygen atoms in total. The SMILES string of the molecule is CC1CCN(C(N)=NCCC2CCCN(C(=O)OC(C)(C)C)C2)CC1.I. The zero-order chi connectivity index (χ0) is 18.4. The molecule has 2 fully saturated rings. The van der Waals surface area contributed by atoms with Crippen molar-refractivity contribution in [3.63, 3.8) is 0 Å². The van der Waals surface area contributed by atoms with Crippen LogP contribution >= 0.6 is 24.0 Å². The van der Waals surface area contributed by atoms with Crippen LogP contribution < -0.4 is 5.73 Å². The van der Waals surface area contributed by atoms with Crippen molar-refractivity contribution < 1.29 is 9.53 Å². The van der Waals surface area contributed by atoms with Crippen LogP contribution in [0.3, 0.4) is 0 Å². The number of nitrogens with zero attached hydrogens (tertiary/aromatic N) is 3. The first kappa shape index (κ1) is 23.3. The smallest absolute Gasteiger partial charge is 0.410 e. The van der Waals surface area contributed by atoms with E-state index in [0.717, 1.165) is 57.9 Å². The van der Waals surface area contributed by atoms with Gasteiger partial charge in [-0.1, -0.05) is 6.92 Å². The van der Waals surface area contributed by atoms with E-state index in [-0.39, 0.29) is 30.1 Å². The Labute approximate surface area is 175 Å². The van der Waals surface area contributed by atoms with E-state index in [1.807, 2.05) is 25.7 Å². The molecule has 2 rings (SSSR count). The van der Waals surface area contributed by atoms with E-state index in [1.165, 1.54) is 12.8 Å². The standard InChI is InChI=1S/C19H36N4O2.HI/c1-15-8-12-22(13-9-15)17(20)21-10-7-16-6-5-11-23(14-16)18(24)25-19(2,3)4;/h15-16H,5-14H2,1-4H3,(H2,20,21);1H. The van der Waals surface area contributed by atoms with Gasteiger partial charge < -0.3 is 20.3 Å². The first-order valence-electron chi connectivity index (χ1n) is 9.77.